The first-order chi connectivity index (χ1) is 12.8. The van der Waals surface area contributed by atoms with E-state index in [1.165, 1.54) is 103 Å². The van der Waals surface area contributed by atoms with Gasteiger partial charge in [0.1, 0.15) is 0 Å². The van der Waals surface area contributed by atoms with Crippen molar-refractivity contribution in [2.75, 3.05) is 19.7 Å². The van der Waals surface area contributed by atoms with Gasteiger partial charge in [0.15, 0.2) is 0 Å². The molecule has 27 heavy (non-hydrogen) atoms. The SMILES string of the molecule is CCCCCCCCCCCCCCCCCC[NH2+]CCC(=O)OCC.Cl. The van der Waals surface area contributed by atoms with Gasteiger partial charge in [-0.2, -0.15) is 0 Å². The molecule has 164 valence electrons. The summed E-state index contributed by atoms with van der Waals surface area (Å²) in [6.07, 6.45) is 23.2. The molecule has 0 aromatic heterocycles. The second-order valence-electron chi connectivity index (χ2n) is 7.72. The van der Waals surface area contributed by atoms with Gasteiger partial charge < -0.3 is 10.1 Å². The molecular weight excluding hydrogens is 358 g/mol. The van der Waals surface area contributed by atoms with Crippen LogP contribution in [0.15, 0.2) is 0 Å². The number of carbonyl (C=O) groups is 1. The Morgan fingerprint density at radius 1 is 0.630 bits per heavy atom. The lowest BCUT2D eigenvalue weighted by Gasteiger charge is -2.04. The van der Waals surface area contributed by atoms with Gasteiger partial charge in [-0.05, 0) is 19.8 Å². The van der Waals surface area contributed by atoms with Gasteiger partial charge in [0, 0.05) is 0 Å². The third kappa shape index (κ3) is 25.7. The highest BCUT2D eigenvalue weighted by atomic mass is 35.5. The largest absolute Gasteiger partial charge is 0.466 e. The van der Waals surface area contributed by atoms with Crippen molar-refractivity contribution < 1.29 is 14.8 Å². The number of carbonyl (C=O) groups excluding carboxylic acids is 1. The second kappa shape index (κ2) is 25.7. The number of ether oxygens (including phenoxy) is 1. The van der Waals surface area contributed by atoms with Gasteiger partial charge in [0.05, 0.1) is 26.1 Å². The predicted octanol–water partition coefficient (Wildman–Crippen LogP) is 6.19. The predicted molar refractivity (Wildman–Crippen MR) is 120 cm³/mol. The minimum Gasteiger partial charge on any atom is -0.466 e. The van der Waals surface area contributed by atoms with Crippen molar-refractivity contribution in [2.24, 2.45) is 0 Å². The average molecular weight is 407 g/mol. The molecule has 0 aliphatic carbocycles. The normalized spacial score (nSPS) is 10.6. The van der Waals surface area contributed by atoms with Crippen molar-refractivity contribution in [3.05, 3.63) is 0 Å². The van der Waals surface area contributed by atoms with Crippen LogP contribution < -0.4 is 5.32 Å². The molecule has 2 N–H and O–H groups in total. The Morgan fingerprint density at radius 2 is 1.04 bits per heavy atom. The summed E-state index contributed by atoms with van der Waals surface area (Å²) in [7, 11) is 0. The number of quaternary nitrogens is 1. The fourth-order valence-corrected chi connectivity index (χ4v) is 3.43. The van der Waals surface area contributed by atoms with Crippen molar-refractivity contribution in [1.29, 1.82) is 0 Å². The van der Waals surface area contributed by atoms with Gasteiger partial charge >= 0.3 is 5.97 Å². The lowest BCUT2D eigenvalue weighted by molar-refractivity contribution is -0.654. The van der Waals surface area contributed by atoms with Crippen LogP contribution in [-0.2, 0) is 9.53 Å². The number of rotatable bonds is 21. The van der Waals surface area contributed by atoms with E-state index in [4.69, 9.17) is 4.74 Å². The molecule has 0 radical (unpaired) electrons. The van der Waals surface area contributed by atoms with E-state index >= 15 is 0 Å². The highest BCUT2D eigenvalue weighted by Crippen LogP contribution is 2.13. The summed E-state index contributed by atoms with van der Waals surface area (Å²) in [5.41, 5.74) is 0. The van der Waals surface area contributed by atoms with E-state index in [1.807, 2.05) is 6.92 Å². The summed E-state index contributed by atoms with van der Waals surface area (Å²) < 4.78 is 4.92. The minimum atomic E-state index is -0.0595. The van der Waals surface area contributed by atoms with E-state index < -0.39 is 0 Å². The quantitative estimate of drug-likeness (QED) is 0.182. The molecule has 0 aromatic carbocycles. The zero-order valence-electron chi connectivity index (χ0n) is 18.4. The Hall–Kier alpha value is -0.280. The molecule has 0 saturated carbocycles. The van der Waals surface area contributed by atoms with Crippen molar-refractivity contribution in [3.63, 3.8) is 0 Å². The Morgan fingerprint density at radius 3 is 1.44 bits per heavy atom. The van der Waals surface area contributed by atoms with Crippen LogP contribution in [0.4, 0.5) is 0 Å². The molecular formula is C23H49ClNO2+. The molecule has 0 atom stereocenters. The van der Waals surface area contributed by atoms with E-state index in [2.05, 4.69) is 12.2 Å². The summed E-state index contributed by atoms with van der Waals surface area (Å²) in [5.74, 6) is -0.0595. The molecule has 0 aliphatic heterocycles. The van der Waals surface area contributed by atoms with Crippen LogP contribution in [-0.4, -0.2) is 25.7 Å². The molecule has 0 aliphatic rings. The van der Waals surface area contributed by atoms with Crippen LogP contribution >= 0.6 is 12.4 Å². The van der Waals surface area contributed by atoms with Crippen LogP contribution in [0.3, 0.4) is 0 Å². The van der Waals surface area contributed by atoms with E-state index in [0.29, 0.717) is 13.0 Å². The van der Waals surface area contributed by atoms with Gasteiger partial charge in [-0.15, -0.1) is 12.4 Å². The van der Waals surface area contributed by atoms with Gasteiger partial charge in [-0.3, -0.25) is 4.79 Å². The first-order valence-electron chi connectivity index (χ1n) is 11.8. The van der Waals surface area contributed by atoms with Crippen molar-refractivity contribution >= 4 is 18.4 Å². The molecule has 0 unspecified atom stereocenters. The number of halogens is 1. The summed E-state index contributed by atoms with van der Waals surface area (Å²) >= 11 is 0. The first kappa shape index (κ1) is 28.9. The maximum absolute atomic E-state index is 11.2. The standard InChI is InChI=1S/C23H47NO2.ClH/c1-3-5-6-7-8-9-10-11-12-13-14-15-16-17-18-19-21-24-22-20-23(25)26-4-2;/h24H,3-22H2,1-2H3;1H/p+1. The van der Waals surface area contributed by atoms with Crippen molar-refractivity contribution in [3.8, 4) is 0 Å². The summed E-state index contributed by atoms with van der Waals surface area (Å²) in [6.45, 7) is 6.67. The average Bonchev–Trinajstić information content (AvgIpc) is 2.64. The van der Waals surface area contributed by atoms with Crippen LogP contribution in [0.1, 0.15) is 123 Å². The molecule has 0 bridgehead atoms. The number of hydrogen-bond donors (Lipinski definition) is 1. The molecule has 0 amide bonds. The Labute approximate surface area is 176 Å². The van der Waals surface area contributed by atoms with E-state index in [1.54, 1.807) is 0 Å². The van der Waals surface area contributed by atoms with E-state index in [9.17, 15) is 4.79 Å². The molecule has 0 spiro atoms. The van der Waals surface area contributed by atoms with Crippen LogP contribution in [0.2, 0.25) is 0 Å². The van der Waals surface area contributed by atoms with E-state index in [-0.39, 0.29) is 18.4 Å². The topological polar surface area (TPSA) is 42.9 Å². The third-order valence-corrected chi connectivity index (χ3v) is 5.12. The maximum Gasteiger partial charge on any atom is 0.311 e. The van der Waals surface area contributed by atoms with Crippen LogP contribution in [0.5, 0.6) is 0 Å². The molecule has 0 heterocycles. The monoisotopic (exact) mass is 406 g/mol. The number of esters is 1. The Balaban J connectivity index is 0. The van der Waals surface area contributed by atoms with Gasteiger partial charge in [-0.1, -0.05) is 96.8 Å². The minimum absolute atomic E-state index is 0. The maximum atomic E-state index is 11.2. The van der Waals surface area contributed by atoms with Gasteiger partial charge in [0.25, 0.3) is 0 Å². The van der Waals surface area contributed by atoms with E-state index in [0.717, 1.165) is 13.1 Å². The molecule has 0 saturated heterocycles. The molecule has 0 rings (SSSR count). The number of unbranched alkanes of at least 4 members (excludes halogenated alkanes) is 15. The number of hydrogen-bond acceptors (Lipinski definition) is 2. The zero-order valence-corrected chi connectivity index (χ0v) is 19.3. The fraction of sp³-hybridized carbons (Fsp3) is 0.957. The fourth-order valence-electron chi connectivity index (χ4n) is 3.43. The molecule has 4 heteroatoms. The van der Waals surface area contributed by atoms with Crippen LogP contribution in [0, 0.1) is 0 Å². The lowest BCUT2D eigenvalue weighted by Crippen LogP contribution is -2.84. The van der Waals surface area contributed by atoms with Crippen molar-refractivity contribution in [2.45, 2.75) is 123 Å². The number of nitrogens with two attached hydrogens (primary N) is 1. The Kier molecular flexibility index (Phi) is 27.6. The summed E-state index contributed by atoms with van der Waals surface area (Å²) in [6, 6.07) is 0. The molecule has 0 fully saturated rings. The van der Waals surface area contributed by atoms with Crippen molar-refractivity contribution in [1.82, 2.24) is 0 Å². The third-order valence-electron chi connectivity index (χ3n) is 5.12. The summed E-state index contributed by atoms with van der Waals surface area (Å²) in [5, 5.41) is 2.25. The Bertz CT molecular complexity index is 288. The second-order valence-corrected chi connectivity index (χ2v) is 7.72. The zero-order chi connectivity index (χ0) is 19.1. The van der Waals surface area contributed by atoms with Gasteiger partial charge in [-0.25, -0.2) is 0 Å². The lowest BCUT2D eigenvalue weighted by atomic mass is 10.0. The van der Waals surface area contributed by atoms with Gasteiger partial charge in [0.2, 0.25) is 0 Å². The molecule has 0 aromatic rings. The van der Waals surface area contributed by atoms with Crippen LogP contribution in [0.25, 0.3) is 0 Å². The summed E-state index contributed by atoms with van der Waals surface area (Å²) in [4.78, 5) is 11.2. The highest BCUT2D eigenvalue weighted by molar-refractivity contribution is 5.85. The smallest absolute Gasteiger partial charge is 0.311 e. The molecule has 3 nitrogen and oxygen atoms in total. The highest BCUT2D eigenvalue weighted by Gasteiger charge is 2.02. The first-order valence-corrected chi connectivity index (χ1v) is 11.8.